The normalized spacial score (nSPS) is 11.1. The van der Waals surface area contributed by atoms with E-state index in [9.17, 15) is 0 Å². The van der Waals surface area contributed by atoms with Crippen LogP contribution in [0.1, 0.15) is 0 Å². The van der Waals surface area contributed by atoms with Gasteiger partial charge in [-0.2, -0.15) is 0 Å². The predicted octanol–water partition coefficient (Wildman–Crippen LogP) is 4.70. The summed E-state index contributed by atoms with van der Waals surface area (Å²) in [6.45, 7) is 2.54. The van der Waals surface area contributed by atoms with Gasteiger partial charge in [-0.3, -0.25) is 0 Å². The average Bonchev–Trinajstić information content (AvgIpc) is 2.67. The number of rotatable bonds is 8. The molecule has 142 valence electrons. The summed E-state index contributed by atoms with van der Waals surface area (Å²) in [6, 6.07) is 13.3. The summed E-state index contributed by atoms with van der Waals surface area (Å²) in [5, 5.41) is 2.06. The molecule has 3 rings (SSSR count). The van der Waals surface area contributed by atoms with Crippen molar-refractivity contribution in [2.24, 2.45) is 0 Å². The zero-order chi connectivity index (χ0) is 19.2. The molecule has 27 heavy (non-hydrogen) atoms. The minimum atomic E-state index is 0.518. The summed E-state index contributed by atoms with van der Waals surface area (Å²) in [5.41, 5.74) is 1.59. The van der Waals surface area contributed by atoms with E-state index in [1.165, 1.54) is 0 Å². The number of nitrogens with zero attached hydrogens (tertiary/aromatic N) is 3. The maximum atomic E-state index is 6.40. The molecule has 0 saturated heterocycles. The van der Waals surface area contributed by atoms with Crippen LogP contribution < -0.4 is 4.90 Å². The van der Waals surface area contributed by atoms with Crippen LogP contribution in [0.15, 0.2) is 42.5 Å². The molecule has 0 saturated carbocycles. The number of ether oxygens (including phenoxy) is 2. The van der Waals surface area contributed by atoms with Crippen molar-refractivity contribution in [3.05, 3.63) is 52.5 Å². The molecule has 0 atom stereocenters. The summed E-state index contributed by atoms with van der Waals surface area (Å²) in [6.07, 6.45) is 0. The minimum absolute atomic E-state index is 0.518. The van der Waals surface area contributed by atoms with Crippen LogP contribution in [-0.4, -0.2) is 50.5 Å². The Hall–Kier alpha value is -1.92. The molecule has 2 aromatic carbocycles. The van der Waals surface area contributed by atoms with E-state index in [4.69, 9.17) is 42.6 Å². The first kappa shape index (κ1) is 19.8. The van der Waals surface area contributed by atoms with Crippen molar-refractivity contribution in [2.45, 2.75) is 0 Å². The van der Waals surface area contributed by atoms with Gasteiger partial charge in [-0.25, -0.2) is 9.97 Å². The molecule has 0 amide bonds. The lowest BCUT2D eigenvalue weighted by Crippen LogP contribution is -2.31. The van der Waals surface area contributed by atoms with E-state index >= 15 is 0 Å². The van der Waals surface area contributed by atoms with Gasteiger partial charge in [0.2, 0.25) is 0 Å². The molecule has 5 nitrogen and oxygen atoms in total. The summed E-state index contributed by atoms with van der Waals surface area (Å²) in [4.78, 5) is 11.7. The summed E-state index contributed by atoms with van der Waals surface area (Å²) >= 11 is 12.4. The van der Waals surface area contributed by atoms with Crippen LogP contribution in [0.3, 0.4) is 0 Å². The lowest BCUT2D eigenvalue weighted by Gasteiger charge is -2.25. The molecule has 0 unspecified atom stereocenters. The van der Waals surface area contributed by atoms with E-state index in [1.54, 1.807) is 26.4 Å². The van der Waals surface area contributed by atoms with Crippen molar-refractivity contribution in [1.29, 1.82) is 0 Å². The molecular formula is C20H21Cl2N3O2. The second-order valence-corrected chi connectivity index (χ2v) is 6.83. The molecular weight excluding hydrogens is 385 g/mol. The Morgan fingerprint density at radius 3 is 2.30 bits per heavy atom. The van der Waals surface area contributed by atoms with Gasteiger partial charge < -0.3 is 14.4 Å². The topological polar surface area (TPSA) is 47.5 Å². The number of benzene rings is 2. The standard InChI is InChI=1S/C20H21Cl2N3O2/c1-26-11-9-25(10-12-27-2)20-16-5-3-4-6-18(16)23-19(24-20)15-8-7-14(21)13-17(15)22/h3-8,13H,9-12H2,1-2H3. The number of methoxy groups -OCH3 is 2. The molecule has 3 aromatic rings. The van der Waals surface area contributed by atoms with E-state index in [0.29, 0.717) is 42.2 Å². The third-order valence-corrected chi connectivity index (χ3v) is 4.73. The van der Waals surface area contributed by atoms with Crippen molar-refractivity contribution in [2.75, 3.05) is 45.4 Å². The van der Waals surface area contributed by atoms with Crippen LogP contribution in [-0.2, 0) is 9.47 Å². The number of aromatic nitrogens is 2. The van der Waals surface area contributed by atoms with E-state index in [-0.39, 0.29) is 0 Å². The Morgan fingerprint density at radius 1 is 0.926 bits per heavy atom. The number of hydrogen-bond donors (Lipinski definition) is 0. The lowest BCUT2D eigenvalue weighted by molar-refractivity contribution is 0.190. The smallest absolute Gasteiger partial charge is 0.163 e. The number of para-hydroxylation sites is 1. The minimum Gasteiger partial charge on any atom is -0.383 e. The van der Waals surface area contributed by atoms with Crippen molar-refractivity contribution in [3.8, 4) is 11.4 Å². The summed E-state index contributed by atoms with van der Waals surface area (Å²) < 4.78 is 10.5. The third kappa shape index (κ3) is 4.68. The Morgan fingerprint density at radius 2 is 1.63 bits per heavy atom. The van der Waals surface area contributed by atoms with Crippen molar-refractivity contribution in [3.63, 3.8) is 0 Å². The molecule has 0 bridgehead atoms. The first-order valence-corrected chi connectivity index (χ1v) is 9.34. The summed E-state index contributed by atoms with van der Waals surface area (Å²) in [7, 11) is 3.37. The molecule has 1 aromatic heterocycles. The van der Waals surface area contributed by atoms with Gasteiger partial charge in [0.1, 0.15) is 5.82 Å². The van der Waals surface area contributed by atoms with Gasteiger partial charge in [0.25, 0.3) is 0 Å². The molecule has 0 N–H and O–H groups in total. The Balaban J connectivity index is 2.14. The van der Waals surface area contributed by atoms with Crippen LogP contribution in [0.4, 0.5) is 5.82 Å². The van der Waals surface area contributed by atoms with E-state index in [1.807, 2.05) is 30.3 Å². The van der Waals surface area contributed by atoms with Gasteiger partial charge in [0.15, 0.2) is 5.82 Å². The largest absolute Gasteiger partial charge is 0.383 e. The Kier molecular flexibility index (Phi) is 6.85. The van der Waals surface area contributed by atoms with Crippen LogP contribution in [0.5, 0.6) is 0 Å². The number of halogens is 2. The molecule has 0 aliphatic rings. The number of hydrogen-bond acceptors (Lipinski definition) is 5. The highest BCUT2D eigenvalue weighted by Gasteiger charge is 2.17. The fraction of sp³-hybridized carbons (Fsp3) is 0.300. The van der Waals surface area contributed by atoms with Crippen LogP contribution >= 0.6 is 23.2 Å². The second-order valence-electron chi connectivity index (χ2n) is 5.98. The SMILES string of the molecule is COCCN(CCOC)c1nc(-c2ccc(Cl)cc2Cl)nc2ccccc12. The quantitative estimate of drug-likeness (QED) is 0.543. The molecule has 0 aliphatic carbocycles. The van der Waals surface area contributed by atoms with E-state index < -0.39 is 0 Å². The van der Waals surface area contributed by atoms with Gasteiger partial charge >= 0.3 is 0 Å². The number of fused-ring (bicyclic) bond motifs is 1. The van der Waals surface area contributed by atoms with Crippen LogP contribution in [0, 0.1) is 0 Å². The van der Waals surface area contributed by atoms with Gasteiger partial charge in [-0.1, -0.05) is 35.3 Å². The molecule has 0 aliphatic heterocycles. The molecule has 7 heteroatoms. The number of anilines is 1. The maximum Gasteiger partial charge on any atom is 0.163 e. The van der Waals surface area contributed by atoms with Gasteiger partial charge in [0, 0.05) is 43.3 Å². The second kappa shape index (κ2) is 9.33. The maximum absolute atomic E-state index is 6.40. The molecule has 0 fully saturated rings. The lowest BCUT2D eigenvalue weighted by atomic mass is 10.1. The Bertz CT molecular complexity index is 913. The zero-order valence-electron chi connectivity index (χ0n) is 15.3. The van der Waals surface area contributed by atoms with Crippen molar-refractivity contribution < 1.29 is 9.47 Å². The van der Waals surface area contributed by atoms with Gasteiger partial charge in [-0.15, -0.1) is 0 Å². The van der Waals surface area contributed by atoms with Crippen molar-refractivity contribution >= 4 is 39.9 Å². The Labute approximate surface area is 168 Å². The highest BCUT2D eigenvalue weighted by molar-refractivity contribution is 6.36. The fourth-order valence-electron chi connectivity index (χ4n) is 2.82. The fourth-order valence-corrected chi connectivity index (χ4v) is 3.31. The molecule has 1 heterocycles. The molecule has 0 spiro atoms. The van der Waals surface area contributed by atoms with Gasteiger partial charge in [0.05, 0.1) is 23.8 Å². The average molecular weight is 406 g/mol. The summed E-state index contributed by atoms with van der Waals surface area (Å²) in [5.74, 6) is 1.39. The highest BCUT2D eigenvalue weighted by Crippen LogP contribution is 2.32. The highest BCUT2D eigenvalue weighted by atomic mass is 35.5. The third-order valence-electron chi connectivity index (χ3n) is 4.19. The van der Waals surface area contributed by atoms with Crippen LogP contribution in [0.25, 0.3) is 22.3 Å². The van der Waals surface area contributed by atoms with Crippen LogP contribution in [0.2, 0.25) is 10.0 Å². The monoisotopic (exact) mass is 405 g/mol. The van der Waals surface area contributed by atoms with Crippen molar-refractivity contribution in [1.82, 2.24) is 9.97 Å². The molecule has 0 radical (unpaired) electrons. The van der Waals surface area contributed by atoms with Gasteiger partial charge in [-0.05, 0) is 30.3 Å². The zero-order valence-corrected chi connectivity index (χ0v) is 16.8. The first-order chi connectivity index (χ1) is 13.1. The van der Waals surface area contributed by atoms with E-state index in [0.717, 1.165) is 22.3 Å². The predicted molar refractivity (Wildman–Crippen MR) is 111 cm³/mol. The first-order valence-electron chi connectivity index (χ1n) is 8.59. The van der Waals surface area contributed by atoms with E-state index in [2.05, 4.69) is 4.90 Å².